The average Bonchev–Trinajstić information content (AvgIpc) is 3.01. The lowest BCUT2D eigenvalue weighted by Gasteiger charge is -2.17. The Morgan fingerprint density at radius 3 is 1.11 bits per heavy atom. The summed E-state index contributed by atoms with van der Waals surface area (Å²) < 4.78 is 15.1. The Bertz CT molecular complexity index is 1290. The van der Waals surface area contributed by atoms with Gasteiger partial charge in [0.15, 0.2) is 0 Å². The highest BCUT2D eigenvalue weighted by Gasteiger charge is 2.20. The molecule has 0 radical (unpaired) electrons. The Labute approximate surface area is 293 Å². The lowest BCUT2D eigenvalue weighted by molar-refractivity contribution is 0.297. The lowest BCUT2D eigenvalue weighted by atomic mass is 10.0. The number of nitrogens with zero attached hydrogens (tertiary/aromatic N) is 2. The molecule has 0 aliphatic heterocycles. The Morgan fingerprint density at radius 2 is 0.773 bits per heavy atom. The normalized spacial score (nSPS) is 11.8. The molecule has 4 rings (SSSR count). The molecule has 6 heteroatoms. The molecule has 0 spiro atoms. The third kappa shape index (κ3) is 11.0. The summed E-state index contributed by atoms with van der Waals surface area (Å²) in [5.41, 5.74) is 1.93. The minimum absolute atomic E-state index is 0.707. The van der Waals surface area contributed by atoms with Crippen LogP contribution in [0.25, 0.3) is 32.6 Å². The van der Waals surface area contributed by atoms with Crippen molar-refractivity contribution < 1.29 is 9.47 Å². The zero-order valence-electron chi connectivity index (χ0n) is 27.3. The minimum atomic E-state index is 0.707. The predicted molar refractivity (Wildman–Crippen MR) is 206 cm³/mol. The number of halogens is 2. The molecule has 0 saturated heterocycles. The van der Waals surface area contributed by atoms with Gasteiger partial charge in [0.2, 0.25) is 11.8 Å². The second-order valence-electron chi connectivity index (χ2n) is 12.6. The number of hydrogen-bond acceptors (Lipinski definition) is 4. The van der Waals surface area contributed by atoms with E-state index < -0.39 is 0 Å². The van der Waals surface area contributed by atoms with E-state index in [9.17, 15) is 0 Å². The molecule has 2 heterocycles. The van der Waals surface area contributed by atoms with Gasteiger partial charge < -0.3 is 9.47 Å². The van der Waals surface area contributed by atoms with Crippen molar-refractivity contribution in [1.29, 1.82) is 0 Å². The predicted octanol–water partition coefficient (Wildman–Crippen LogP) is 13.2. The molecular formula is C38H54I2N2O2. The van der Waals surface area contributed by atoms with Crippen LogP contribution in [0.5, 0.6) is 11.8 Å². The molecule has 0 aliphatic rings. The zero-order valence-corrected chi connectivity index (χ0v) is 31.6. The van der Waals surface area contributed by atoms with E-state index in [1.165, 1.54) is 116 Å². The van der Waals surface area contributed by atoms with Crippen molar-refractivity contribution in [2.45, 2.75) is 142 Å². The van der Waals surface area contributed by atoms with Crippen LogP contribution in [-0.4, -0.2) is 23.2 Å². The van der Waals surface area contributed by atoms with E-state index in [1.807, 2.05) is 0 Å². The van der Waals surface area contributed by atoms with E-state index in [4.69, 9.17) is 19.4 Å². The molecule has 44 heavy (non-hydrogen) atoms. The van der Waals surface area contributed by atoms with Crippen molar-refractivity contribution >= 4 is 77.8 Å². The maximum absolute atomic E-state index is 6.39. The van der Waals surface area contributed by atoms with Gasteiger partial charge in [-0.25, -0.2) is 9.97 Å². The molecule has 0 unspecified atom stereocenters. The third-order valence-electron chi connectivity index (χ3n) is 8.79. The molecule has 0 atom stereocenters. The molecule has 0 aliphatic carbocycles. The van der Waals surface area contributed by atoms with Gasteiger partial charge in [-0.3, -0.25) is 0 Å². The molecule has 4 aromatic rings. The van der Waals surface area contributed by atoms with Gasteiger partial charge in [0.05, 0.1) is 24.2 Å². The van der Waals surface area contributed by atoms with E-state index in [1.54, 1.807) is 0 Å². The highest BCUT2D eigenvalue weighted by Crippen LogP contribution is 2.42. The first-order chi connectivity index (χ1) is 21.6. The summed E-state index contributed by atoms with van der Waals surface area (Å²) in [6.07, 6.45) is 26.4. The van der Waals surface area contributed by atoms with Crippen molar-refractivity contribution in [2.75, 3.05) is 13.2 Å². The summed E-state index contributed by atoms with van der Waals surface area (Å²) in [6, 6.07) is 8.73. The van der Waals surface area contributed by atoms with Gasteiger partial charge in [0.1, 0.15) is 0 Å². The van der Waals surface area contributed by atoms with Crippen LogP contribution >= 0.6 is 45.2 Å². The molecule has 4 nitrogen and oxygen atoms in total. The number of aromatic nitrogens is 2. The maximum atomic E-state index is 6.39. The van der Waals surface area contributed by atoms with Crippen LogP contribution < -0.4 is 9.47 Å². The van der Waals surface area contributed by atoms with E-state index in [0.29, 0.717) is 13.2 Å². The summed E-state index contributed by atoms with van der Waals surface area (Å²) >= 11 is 4.78. The summed E-state index contributed by atoms with van der Waals surface area (Å²) in [6.45, 7) is 5.98. The first-order valence-electron chi connectivity index (χ1n) is 17.7. The number of benzene rings is 2. The van der Waals surface area contributed by atoms with E-state index in [0.717, 1.165) is 64.3 Å². The average molecular weight is 825 g/mol. The monoisotopic (exact) mass is 824 g/mol. The van der Waals surface area contributed by atoms with Crippen LogP contribution in [0.2, 0.25) is 0 Å². The molecule has 0 N–H and O–H groups in total. The maximum Gasteiger partial charge on any atom is 0.222 e. The third-order valence-corrected chi connectivity index (χ3v) is 10.0. The number of rotatable bonds is 24. The summed E-state index contributed by atoms with van der Waals surface area (Å²) in [5.74, 6) is 1.47. The number of pyridine rings is 2. The van der Waals surface area contributed by atoms with Gasteiger partial charge in [-0.15, -0.1) is 0 Å². The van der Waals surface area contributed by atoms with E-state index >= 15 is 0 Å². The number of ether oxygens (including phenoxy) is 2. The van der Waals surface area contributed by atoms with Gasteiger partial charge in [-0.2, -0.15) is 0 Å². The fourth-order valence-corrected chi connectivity index (χ4v) is 7.51. The van der Waals surface area contributed by atoms with Crippen molar-refractivity contribution in [3.63, 3.8) is 0 Å². The van der Waals surface area contributed by atoms with Crippen LogP contribution in [0, 0.1) is 7.14 Å². The smallest absolute Gasteiger partial charge is 0.222 e. The Morgan fingerprint density at radius 1 is 0.455 bits per heavy atom. The largest absolute Gasteiger partial charge is 0.477 e. The highest BCUT2D eigenvalue weighted by atomic mass is 127. The molecular weight excluding hydrogens is 770 g/mol. The first-order valence-corrected chi connectivity index (χ1v) is 19.9. The second-order valence-corrected chi connectivity index (χ2v) is 15.1. The van der Waals surface area contributed by atoms with Crippen molar-refractivity contribution in [1.82, 2.24) is 9.97 Å². The highest BCUT2D eigenvalue weighted by molar-refractivity contribution is 14.1. The summed E-state index contributed by atoms with van der Waals surface area (Å²) in [5, 5.41) is 4.41. The van der Waals surface area contributed by atoms with Crippen molar-refractivity contribution in [2.24, 2.45) is 0 Å². The lowest BCUT2D eigenvalue weighted by Crippen LogP contribution is -2.04. The Balaban J connectivity index is 1.34. The van der Waals surface area contributed by atoms with Crippen LogP contribution in [0.1, 0.15) is 142 Å². The van der Waals surface area contributed by atoms with E-state index in [-0.39, 0.29) is 0 Å². The molecule has 0 fully saturated rings. The topological polar surface area (TPSA) is 44.2 Å². The van der Waals surface area contributed by atoms with Gasteiger partial charge in [-0.05, 0) is 82.3 Å². The quantitative estimate of drug-likeness (QED) is 0.0401. The van der Waals surface area contributed by atoms with Gasteiger partial charge >= 0.3 is 0 Å². The summed E-state index contributed by atoms with van der Waals surface area (Å²) in [7, 11) is 0. The van der Waals surface area contributed by atoms with Crippen LogP contribution in [-0.2, 0) is 0 Å². The fourth-order valence-electron chi connectivity index (χ4n) is 6.30. The molecule has 0 bridgehead atoms. The molecule has 242 valence electrons. The van der Waals surface area contributed by atoms with Crippen molar-refractivity contribution in [3.05, 3.63) is 31.4 Å². The molecule has 0 amide bonds. The van der Waals surface area contributed by atoms with Crippen LogP contribution in [0.3, 0.4) is 0 Å². The van der Waals surface area contributed by atoms with Crippen LogP contribution in [0.15, 0.2) is 24.3 Å². The number of unbranched alkanes of at least 4 members (excludes halogenated alkanes) is 18. The number of hydrogen-bond donors (Lipinski definition) is 0. The minimum Gasteiger partial charge on any atom is -0.477 e. The van der Waals surface area contributed by atoms with Crippen LogP contribution in [0.4, 0.5) is 0 Å². The summed E-state index contributed by atoms with van der Waals surface area (Å²) in [4.78, 5) is 10.2. The molecule has 2 aromatic heterocycles. The molecule has 0 saturated carbocycles. The molecule has 2 aromatic carbocycles. The second kappa shape index (κ2) is 20.2. The van der Waals surface area contributed by atoms with Gasteiger partial charge in [0.25, 0.3) is 0 Å². The van der Waals surface area contributed by atoms with Gasteiger partial charge in [0, 0.05) is 28.7 Å². The Kier molecular flexibility index (Phi) is 16.3. The first kappa shape index (κ1) is 35.7. The van der Waals surface area contributed by atoms with E-state index in [2.05, 4.69) is 83.3 Å². The fraction of sp³-hybridized carbons (Fsp3) is 0.632. The van der Waals surface area contributed by atoms with Gasteiger partial charge in [-0.1, -0.05) is 129 Å². The standard InChI is InChI=1S/C38H54I2N2O2/c1-3-5-7-9-11-13-15-17-19-21-23-43-37-31-25-29(39)28-34-35(31)36-32(26-30(40)27-33(36)41-37)38(42-34)44-24-22-20-18-16-14-12-10-8-6-4-2/h25-28H,3-24H2,1-2H3. The SMILES string of the molecule is CCCCCCCCCCCCOc1nc2cc(I)cc3c(OCCCCCCCCCCCC)nc4cc(I)cc1c4c23. The zero-order chi connectivity index (χ0) is 31.0. The van der Waals surface area contributed by atoms with Crippen molar-refractivity contribution in [3.8, 4) is 11.8 Å². The Hall–Kier alpha value is -1.16.